The minimum absolute atomic E-state index is 0.00619. The van der Waals surface area contributed by atoms with Gasteiger partial charge in [0.25, 0.3) is 0 Å². The minimum atomic E-state index is -0.905. The number of carbonyl (C=O) groups is 2. The van der Waals surface area contributed by atoms with Gasteiger partial charge in [0, 0.05) is 12.3 Å². The summed E-state index contributed by atoms with van der Waals surface area (Å²) in [5, 5.41) is 12.2. The number of nitrogens with one attached hydrogen (secondary N) is 1. The summed E-state index contributed by atoms with van der Waals surface area (Å²) in [6.07, 6.45) is 2.92. The van der Waals surface area contributed by atoms with Gasteiger partial charge < -0.3 is 10.4 Å². The predicted octanol–water partition coefficient (Wildman–Crippen LogP) is 2.37. The zero-order chi connectivity index (χ0) is 14.9. The van der Waals surface area contributed by atoms with Crippen LogP contribution in [0.1, 0.15) is 40.0 Å². The van der Waals surface area contributed by atoms with E-state index in [1.54, 1.807) is 11.8 Å². The highest BCUT2D eigenvalue weighted by atomic mass is 32.2. The van der Waals surface area contributed by atoms with Gasteiger partial charge in [-0.05, 0) is 24.2 Å². The summed E-state index contributed by atoms with van der Waals surface area (Å²) < 4.78 is 0. The Balaban J connectivity index is 1.94. The summed E-state index contributed by atoms with van der Waals surface area (Å²) in [4.78, 5) is 25.1. The first kappa shape index (κ1) is 15.5. The van der Waals surface area contributed by atoms with E-state index >= 15 is 0 Å². The van der Waals surface area contributed by atoms with Crippen molar-refractivity contribution < 1.29 is 14.7 Å². The average Bonchev–Trinajstić information content (AvgIpc) is 2.80. The van der Waals surface area contributed by atoms with Gasteiger partial charge in [-0.3, -0.25) is 4.90 Å². The SMILES string of the molecule is CCCC1SCC(C(=O)O)N1C(=O)NCC1CC1(C)C. The summed E-state index contributed by atoms with van der Waals surface area (Å²) in [7, 11) is 0. The van der Waals surface area contributed by atoms with Gasteiger partial charge in [-0.2, -0.15) is 0 Å². The molecule has 2 rings (SSSR count). The molecule has 0 aromatic rings. The second kappa shape index (κ2) is 5.84. The number of urea groups is 1. The largest absolute Gasteiger partial charge is 0.480 e. The lowest BCUT2D eigenvalue weighted by Gasteiger charge is -2.27. The molecule has 20 heavy (non-hydrogen) atoms. The minimum Gasteiger partial charge on any atom is -0.480 e. The molecule has 0 aromatic carbocycles. The highest BCUT2D eigenvalue weighted by molar-refractivity contribution is 8.00. The third kappa shape index (κ3) is 3.22. The first-order valence-electron chi connectivity index (χ1n) is 7.27. The summed E-state index contributed by atoms with van der Waals surface area (Å²) in [6.45, 7) is 7.08. The van der Waals surface area contributed by atoms with E-state index in [9.17, 15) is 14.7 Å². The van der Waals surface area contributed by atoms with Gasteiger partial charge in [-0.15, -0.1) is 11.8 Å². The highest BCUT2D eigenvalue weighted by Crippen LogP contribution is 2.51. The Hall–Kier alpha value is -0.910. The standard InChI is InChI=1S/C14H24N2O3S/c1-4-5-11-16(10(8-20-11)12(17)18)13(19)15-7-9-6-14(9,2)3/h9-11H,4-8H2,1-3H3,(H,15,19)(H,17,18). The van der Waals surface area contributed by atoms with Crippen LogP contribution in [0.25, 0.3) is 0 Å². The van der Waals surface area contributed by atoms with E-state index in [1.807, 2.05) is 0 Å². The number of hydrogen-bond acceptors (Lipinski definition) is 3. The summed E-state index contributed by atoms with van der Waals surface area (Å²) in [6, 6.07) is -0.910. The number of thioether (sulfide) groups is 1. The fraction of sp³-hybridized carbons (Fsp3) is 0.857. The van der Waals surface area contributed by atoms with Gasteiger partial charge in [-0.25, -0.2) is 9.59 Å². The van der Waals surface area contributed by atoms with Crippen LogP contribution < -0.4 is 5.32 Å². The molecule has 1 saturated heterocycles. The van der Waals surface area contributed by atoms with Gasteiger partial charge in [0.15, 0.2) is 0 Å². The quantitative estimate of drug-likeness (QED) is 0.818. The van der Waals surface area contributed by atoms with Crippen LogP contribution in [0.2, 0.25) is 0 Å². The van der Waals surface area contributed by atoms with Crippen LogP contribution in [0.15, 0.2) is 0 Å². The van der Waals surface area contributed by atoms with Gasteiger partial charge in [-0.1, -0.05) is 27.2 Å². The van der Waals surface area contributed by atoms with E-state index in [4.69, 9.17) is 0 Å². The molecule has 0 spiro atoms. The Labute approximate surface area is 124 Å². The van der Waals surface area contributed by atoms with Crippen molar-refractivity contribution in [1.82, 2.24) is 10.2 Å². The van der Waals surface area contributed by atoms with Crippen LogP contribution >= 0.6 is 11.8 Å². The van der Waals surface area contributed by atoms with Crippen molar-refractivity contribution in [2.24, 2.45) is 11.3 Å². The second-order valence-corrected chi connectivity index (χ2v) is 7.62. The molecule has 0 bridgehead atoms. The first-order valence-corrected chi connectivity index (χ1v) is 8.32. The lowest BCUT2D eigenvalue weighted by molar-refractivity contribution is -0.141. The van der Waals surface area contributed by atoms with Crippen molar-refractivity contribution >= 4 is 23.8 Å². The van der Waals surface area contributed by atoms with E-state index in [1.165, 1.54) is 4.90 Å². The molecular formula is C14H24N2O3S. The van der Waals surface area contributed by atoms with Crippen LogP contribution in [0.5, 0.6) is 0 Å². The Morgan fingerprint density at radius 1 is 1.45 bits per heavy atom. The molecule has 0 aromatic heterocycles. The molecule has 2 N–H and O–H groups in total. The van der Waals surface area contributed by atoms with Crippen molar-refractivity contribution in [3.63, 3.8) is 0 Å². The smallest absolute Gasteiger partial charge is 0.327 e. The topological polar surface area (TPSA) is 69.6 Å². The molecule has 1 saturated carbocycles. The summed E-state index contributed by atoms with van der Waals surface area (Å²) >= 11 is 1.57. The predicted molar refractivity (Wildman–Crippen MR) is 79.7 cm³/mol. The zero-order valence-electron chi connectivity index (χ0n) is 12.4. The number of carboxylic acid groups (broad SMARTS) is 1. The van der Waals surface area contributed by atoms with Crippen molar-refractivity contribution in [3.8, 4) is 0 Å². The fourth-order valence-corrected chi connectivity index (χ4v) is 4.24. The molecular weight excluding hydrogens is 276 g/mol. The van der Waals surface area contributed by atoms with E-state index < -0.39 is 12.0 Å². The third-order valence-corrected chi connectivity index (χ3v) is 5.72. The molecule has 114 valence electrons. The van der Waals surface area contributed by atoms with Crippen molar-refractivity contribution in [2.45, 2.75) is 51.4 Å². The van der Waals surface area contributed by atoms with Crippen LogP contribution in [0, 0.1) is 11.3 Å². The van der Waals surface area contributed by atoms with E-state index in [0.29, 0.717) is 23.6 Å². The molecule has 3 atom stereocenters. The molecule has 1 aliphatic carbocycles. The summed E-state index contributed by atoms with van der Waals surface area (Å²) in [5.41, 5.74) is 0.321. The molecule has 0 radical (unpaired) electrons. The summed E-state index contributed by atoms with van der Waals surface area (Å²) in [5.74, 6) is 0.107. The number of amides is 2. The molecule has 5 nitrogen and oxygen atoms in total. The first-order chi connectivity index (χ1) is 9.36. The molecule has 3 unspecified atom stereocenters. The van der Waals surface area contributed by atoms with E-state index in [0.717, 1.165) is 19.3 Å². The Morgan fingerprint density at radius 2 is 2.10 bits per heavy atom. The molecule has 1 aliphatic heterocycles. The molecule has 6 heteroatoms. The molecule has 2 aliphatic rings. The number of carbonyl (C=O) groups excluding carboxylic acids is 1. The van der Waals surface area contributed by atoms with E-state index in [2.05, 4.69) is 26.1 Å². The van der Waals surface area contributed by atoms with Crippen molar-refractivity contribution in [1.29, 1.82) is 0 Å². The highest BCUT2D eigenvalue weighted by Gasteiger charge is 2.46. The number of nitrogens with zero attached hydrogens (tertiary/aromatic N) is 1. The number of rotatable bonds is 5. The van der Waals surface area contributed by atoms with Gasteiger partial charge in [0.1, 0.15) is 6.04 Å². The zero-order valence-corrected chi connectivity index (χ0v) is 13.2. The number of carboxylic acids is 1. The lowest BCUT2D eigenvalue weighted by atomic mass is 10.1. The van der Waals surface area contributed by atoms with Crippen molar-refractivity contribution in [3.05, 3.63) is 0 Å². The van der Waals surface area contributed by atoms with Crippen LogP contribution in [0.3, 0.4) is 0 Å². The lowest BCUT2D eigenvalue weighted by Crippen LogP contribution is -2.50. The Morgan fingerprint density at radius 3 is 2.60 bits per heavy atom. The maximum absolute atomic E-state index is 12.3. The Kier molecular flexibility index (Phi) is 4.52. The number of hydrogen-bond donors (Lipinski definition) is 2. The van der Waals surface area contributed by atoms with Crippen molar-refractivity contribution in [2.75, 3.05) is 12.3 Å². The average molecular weight is 300 g/mol. The van der Waals surface area contributed by atoms with Gasteiger partial charge in [0.05, 0.1) is 5.37 Å². The Bertz CT molecular complexity index is 400. The maximum atomic E-state index is 12.3. The number of aliphatic carboxylic acids is 1. The normalized spacial score (nSPS) is 31.1. The second-order valence-electron chi connectivity index (χ2n) is 6.41. The fourth-order valence-electron chi connectivity index (χ4n) is 2.72. The van der Waals surface area contributed by atoms with Crippen LogP contribution in [-0.2, 0) is 4.79 Å². The molecule has 2 fully saturated rings. The molecule has 2 amide bonds. The van der Waals surface area contributed by atoms with Crippen LogP contribution in [-0.4, -0.2) is 45.7 Å². The van der Waals surface area contributed by atoms with E-state index in [-0.39, 0.29) is 11.4 Å². The third-order valence-electron chi connectivity index (χ3n) is 4.36. The van der Waals surface area contributed by atoms with Crippen LogP contribution in [0.4, 0.5) is 4.79 Å². The monoisotopic (exact) mass is 300 g/mol. The maximum Gasteiger partial charge on any atom is 0.327 e. The molecule has 1 heterocycles. The van der Waals surface area contributed by atoms with Gasteiger partial charge >= 0.3 is 12.0 Å². The van der Waals surface area contributed by atoms with Gasteiger partial charge in [0.2, 0.25) is 0 Å².